The van der Waals surface area contributed by atoms with Gasteiger partial charge in [0.25, 0.3) is 0 Å². The Morgan fingerprint density at radius 1 is 1.50 bits per heavy atom. The zero-order chi connectivity index (χ0) is 13.3. The molecule has 0 saturated heterocycles. The molecule has 0 fully saturated rings. The maximum atomic E-state index is 11.4. The van der Waals surface area contributed by atoms with Gasteiger partial charge in [-0.05, 0) is 18.6 Å². The summed E-state index contributed by atoms with van der Waals surface area (Å²) in [5.41, 5.74) is 8.41. The number of hydrogen-bond acceptors (Lipinski definition) is 3. The van der Waals surface area contributed by atoms with E-state index < -0.39 is 10.2 Å². The highest BCUT2D eigenvalue weighted by atomic mass is 32.2. The molecule has 1 heterocycles. The zero-order valence-corrected chi connectivity index (χ0v) is 10.7. The molecule has 0 bridgehead atoms. The van der Waals surface area contributed by atoms with Gasteiger partial charge in [-0.15, -0.1) is 4.40 Å². The van der Waals surface area contributed by atoms with Gasteiger partial charge in [0, 0.05) is 5.56 Å². The molecule has 1 aromatic carbocycles. The molecule has 1 aliphatic rings. The maximum absolute atomic E-state index is 11.4. The van der Waals surface area contributed by atoms with Gasteiger partial charge in [-0.25, -0.2) is 0 Å². The van der Waals surface area contributed by atoms with Crippen molar-refractivity contribution in [3.8, 4) is 0 Å². The molecule has 0 spiro atoms. The van der Waals surface area contributed by atoms with E-state index in [0.29, 0.717) is 11.3 Å². The third-order valence-corrected chi connectivity index (χ3v) is 3.27. The van der Waals surface area contributed by atoms with Crippen LogP contribution in [0.2, 0.25) is 0 Å². The first-order valence-corrected chi connectivity index (χ1v) is 6.68. The summed E-state index contributed by atoms with van der Waals surface area (Å²) in [6, 6.07) is 5.23. The van der Waals surface area contributed by atoms with Gasteiger partial charge in [-0.1, -0.05) is 36.4 Å². The van der Waals surface area contributed by atoms with Gasteiger partial charge in [0.05, 0.1) is 5.69 Å². The van der Waals surface area contributed by atoms with Crippen molar-refractivity contribution in [2.24, 2.45) is 10.1 Å². The van der Waals surface area contributed by atoms with E-state index in [0.717, 1.165) is 11.1 Å². The van der Waals surface area contributed by atoms with Crippen molar-refractivity contribution in [3.63, 3.8) is 0 Å². The number of amidine groups is 1. The maximum Gasteiger partial charge on any atom is 0.344 e. The predicted octanol–water partition coefficient (Wildman–Crippen LogP) is 1.65. The summed E-state index contributed by atoms with van der Waals surface area (Å²) in [7, 11) is -3.72. The molecule has 0 unspecified atom stereocenters. The normalized spacial score (nSPS) is 16.8. The van der Waals surface area contributed by atoms with Crippen LogP contribution in [0.25, 0.3) is 6.08 Å². The summed E-state index contributed by atoms with van der Waals surface area (Å²) < 4.78 is 28.6. The summed E-state index contributed by atoms with van der Waals surface area (Å²) >= 11 is 0. The number of nitrogens with two attached hydrogens (primary N) is 1. The topological polar surface area (TPSA) is 84.5 Å². The first-order valence-electron chi connectivity index (χ1n) is 5.24. The van der Waals surface area contributed by atoms with E-state index in [2.05, 4.69) is 15.7 Å². The minimum atomic E-state index is -3.72. The molecular weight excluding hydrogens is 250 g/mol. The molecule has 94 valence electrons. The summed E-state index contributed by atoms with van der Waals surface area (Å²) in [4.78, 5) is 0. The Morgan fingerprint density at radius 3 is 2.89 bits per heavy atom. The van der Waals surface area contributed by atoms with Crippen LogP contribution >= 0.6 is 0 Å². The third-order valence-electron chi connectivity index (χ3n) is 2.36. The van der Waals surface area contributed by atoms with Crippen molar-refractivity contribution in [3.05, 3.63) is 47.6 Å². The lowest BCUT2D eigenvalue weighted by Gasteiger charge is -2.17. The molecule has 0 aliphatic carbocycles. The van der Waals surface area contributed by atoms with E-state index in [1.54, 1.807) is 12.1 Å². The number of anilines is 1. The zero-order valence-electron chi connectivity index (χ0n) is 9.84. The number of rotatable bonds is 2. The van der Waals surface area contributed by atoms with Gasteiger partial charge < -0.3 is 5.73 Å². The van der Waals surface area contributed by atoms with Gasteiger partial charge in [0.15, 0.2) is 0 Å². The molecular formula is C12H13N3O2S. The number of benzene rings is 1. The Bertz CT molecular complexity index is 673. The fourth-order valence-electron chi connectivity index (χ4n) is 1.65. The highest BCUT2D eigenvalue weighted by Crippen LogP contribution is 2.26. The Labute approximate surface area is 106 Å². The van der Waals surface area contributed by atoms with Gasteiger partial charge in [-0.3, -0.25) is 4.72 Å². The van der Waals surface area contributed by atoms with E-state index in [1.165, 1.54) is 0 Å². The average molecular weight is 263 g/mol. The lowest BCUT2D eigenvalue weighted by molar-refractivity contribution is 0.602. The Balaban J connectivity index is 2.59. The van der Waals surface area contributed by atoms with Crippen LogP contribution in [-0.4, -0.2) is 14.3 Å². The fraction of sp³-hybridized carbons (Fsp3) is 0.0833. The van der Waals surface area contributed by atoms with Gasteiger partial charge in [0.2, 0.25) is 0 Å². The van der Waals surface area contributed by atoms with Gasteiger partial charge in [-0.2, -0.15) is 8.42 Å². The van der Waals surface area contributed by atoms with Crippen LogP contribution in [0.1, 0.15) is 18.1 Å². The fourth-order valence-corrected chi connectivity index (χ4v) is 2.49. The molecule has 0 atom stereocenters. The molecule has 3 N–H and O–H groups in total. The number of fused-ring (bicyclic) bond motifs is 1. The minimum absolute atomic E-state index is 0.00860. The standard InChI is InChI=1S/C12H13N3O2S/c1-8(2)6-7-9-4-3-5-10-11(9)12(13)15-18(16,17)14-10/h3-7,14H,1H2,2H3,(H2,13,15)/b7-6+. The van der Waals surface area contributed by atoms with Crippen molar-refractivity contribution >= 4 is 27.8 Å². The third kappa shape index (κ3) is 2.43. The van der Waals surface area contributed by atoms with E-state index in [9.17, 15) is 8.42 Å². The van der Waals surface area contributed by atoms with Crippen molar-refractivity contribution in [1.29, 1.82) is 0 Å². The molecule has 0 radical (unpaired) electrons. The summed E-state index contributed by atoms with van der Waals surface area (Å²) in [5.74, 6) is -0.00860. The molecule has 1 aliphatic heterocycles. The molecule has 0 aromatic heterocycles. The second-order valence-electron chi connectivity index (χ2n) is 4.00. The Kier molecular flexibility index (Phi) is 2.96. The molecule has 0 amide bonds. The van der Waals surface area contributed by atoms with Crippen molar-refractivity contribution in [2.75, 3.05) is 4.72 Å². The first kappa shape index (κ1) is 12.4. The summed E-state index contributed by atoms with van der Waals surface area (Å²) in [6.07, 6.45) is 3.65. The smallest absolute Gasteiger partial charge is 0.344 e. The quantitative estimate of drug-likeness (QED) is 0.796. The SMILES string of the molecule is C=C(C)/C=C/c1cccc2c1C(N)=NS(=O)(=O)N2. The van der Waals surface area contributed by atoms with Gasteiger partial charge in [0.1, 0.15) is 5.84 Å². The first-order chi connectivity index (χ1) is 8.39. The van der Waals surface area contributed by atoms with Crippen molar-refractivity contribution in [1.82, 2.24) is 0 Å². The lowest BCUT2D eigenvalue weighted by Crippen LogP contribution is -2.27. The van der Waals surface area contributed by atoms with Crippen LogP contribution < -0.4 is 10.5 Å². The second-order valence-corrected chi connectivity index (χ2v) is 5.34. The number of nitrogens with one attached hydrogen (secondary N) is 1. The Morgan fingerprint density at radius 2 is 2.22 bits per heavy atom. The van der Waals surface area contributed by atoms with Crippen LogP contribution in [0, 0.1) is 0 Å². The number of hydrogen-bond donors (Lipinski definition) is 2. The van der Waals surface area contributed by atoms with E-state index in [1.807, 2.05) is 25.1 Å². The minimum Gasteiger partial charge on any atom is -0.382 e. The van der Waals surface area contributed by atoms with Crippen molar-refractivity contribution in [2.45, 2.75) is 6.92 Å². The van der Waals surface area contributed by atoms with E-state index >= 15 is 0 Å². The van der Waals surface area contributed by atoms with Crippen LogP contribution in [-0.2, 0) is 10.2 Å². The Hall–Kier alpha value is -2.08. The molecule has 2 rings (SSSR count). The molecule has 5 nitrogen and oxygen atoms in total. The lowest BCUT2D eigenvalue weighted by atomic mass is 10.0. The predicted molar refractivity (Wildman–Crippen MR) is 73.6 cm³/mol. The monoisotopic (exact) mass is 263 g/mol. The van der Waals surface area contributed by atoms with Crippen LogP contribution in [0.3, 0.4) is 0 Å². The van der Waals surface area contributed by atoms with Gasteiger partial charge >= 0.3 is 10.2 Å². The molecule has 6 heteroatoms. The molecule has 1 aromatic rings. The van der Waals surface area contributed by atoms with E-state index in [-0.39, 0.29) is 5.84 Å². The van der Waals surface area contributed by atoms with Crippen LogP contribution in [0.15, 0.2) is 40.8 Å². The van der Waals surface area contributed by atoms with Crippen LogP contribution in [0.4, 0.5) is 5.69 Å². The number of allylic oxidation sites excluding steroid dienone is 2. The van der Waals surface area contributed by atoms with Crippen LogP contribution in [0.5, 0.6) is 0 Å². The second kappa shape index (κ2) is 4.30. The molecule has 18 heavy (non-hydrogen) atoms. The summed E-state index contributed by atoms with van der Waals surface area (Å²) in [5, 5.41) is 0. The average Bonchev–Trinajstić information content (AvgIpc) is 2.23. The largest absolute Gasteiger partial charge is 0.382 e. The number of nitrogens with zero attached hydrogens (tertiary/aromatic N) is 1. The highest BCUT2D eigenvalue weighted by Gasteiger charge is 2.22. The van der Waals surface area contributed by atoms with E-state index in [4.69, 9.17) is 5.73 Å². The summed E-state index contributed by atoms with van der Waals surface area (Å²) in [6.45, 7) is 5.63. The van der Waals surface area contributed by atoms with Crippen molar-refractivity contribution < 1.29 is 8.42 Å². The molecule has 0 saturated carbocycles. The highest BCUT2D eigenvalue weighted by molar-refractivity contribution is 7.91.